The first kappa shape index (κ1) is 9.45. The van der Waals surface area contributed by atoms with E-state index in [1.54, 1.807) is 25.4 Å². The smallest absolute Gasteiger partial charge is 0.330 e. The Labute approximate surface area is 76.7 Å². The number of carboxylic acid groups (broad SMARTS) is 1. The Kier molecular flexibility index (Phi) is 3.20. The van der Waals surface area contributed by atoms with Crippen LogP contribution in [0.5, 0.6) is 0 Å². The minimum atomic E-state index is -0.867. The van der Waals surface area contributed by atoms with Gasteiger partial charge in [-0.15, -0.1) is 0 Å². The van der Waals surface area contributed by atoms with E-state index in [9.17, 15) is 4.79 Å². The molecule has 0 fully saturated rings. The van der Waals surface area contributed by atoms with Crippen molar-refractivity contribution >= 4 is 5.97 Å². The van der Waals surface area contributed by atoms with Crippen molar-refractivity contribution in [2.75, 3.05) is 0 Å². The Morgan fingerprint density at radius 3 is 2.69 bits per heavy atom. The predicted octanol–water partition coefficient (Wildman–Crippen LogP) is 1.66. The number of allylic oxidation sites excluding steroid dienone is 1. The molecule has 0 amide bonds. The van der Waals surface area contributed by atoms with Gasteiger partial charge >= 0.3 is 5.97 Å². The van der Waals surface area contributed by atoms with Crippen molar-refractivity contribution in [2.24, 2.45) is 0 Å². The lowest BCUT2D eigenvalue weighted by Gasteiger charge is -1.95. The lowest BCUT2D eigenvalue weighted by atomic mass is 10.1. The van der Waals surface area contributed by atoms with Crippen LogP contribution in [0.2, 0.25) is 0 Å². The molecule has 1 aromatic rings. The lowest BCUT2D eigenvalue weighted by Crippen LogP contribution is -1.96. The van der Waals surface area contributed by atoms with E-state index in [0.29, 0.717) is 12.0 Å². The third-order valence-corrected chi connectivity index (χ3v) is 1.73. The summed E-state index contributed by atoms with van der Waals surface area (Å²) in [4.78, 5) is 14.3. The van der Waals surface area contributed by atoms with Gasteiger partial charge in [-0.3, -0.25) is 4.98 Å². The lowest BCUT2D eigenvalue weighted by molar-refractivity contribution is -0.132. The zero-order valence-electron chi connectivity index (χ0n) is 7.40. The van der Waals surface area contributed by atoms with E-state index < -0.39 is 5.97 Å². The monoisotopic (exact) mass is 177 g/mol. The molecule has 0 aliphatic rings. The molecule has 3 nitrogen and oxygen atoms in total. The highest BCUT2D eigenvalue weighted by atomic mass is 16.4. The van der Waals surface area contributed by atoms with Gasteiger partial charge in [0.25, 0.3) is 0 Å². The Morgan fingerprint density at radius 1 is 1.54 bits per heavy atom. The fourth-order valence-corrected chi connectivity index (χ4v) is 0.877. The highest BCUT2D eigenvalue weighted by Gasteiger charge is 1.98. The number of nitrogens with zero attached hydrogens (tertiary/aromatic N) is 1. The highest BCUT2D eigenvalue weighted by molar-refractivity contribution is 5.85. The number of carboxylic acids is 1. The second-order valence-electron chi connectivity index (χ2n) is 2.75. The molecule has 13 heavy (non-hydrogen) atoms. The molecule has 0 saturated carbocycles. The summed E-state index contributed by atoms with van der Waals surface area (Å²) in [6.07, 6.45) is 5.72. The Bertz CT molecular complexity index is 317. The summed E-state index contributed by atoms with van der Waals surface area (Å²) in [5.74, 6) is -0.867. The van der Waals surface area contributed by atoms with E-state index >= 15 is 0 Å². The zero-order valence-corrected chi connectivity index (χ0v) is 7.40. The van der Waals surface area contributed by atoms with Gasteiger partial charge in [-0.1, -0.05) is 6.08 Å². The summed E-state index contributed by atoms with van der Waals surface area (Å²) in [6, 6.07) is 3.73. The normalized spacial score (nSPS) is 11.3. The number of carbonyl (C=O) groups is 1. The second kappa shape index (κ2) is 4.40. The number of pyridine rings is 1. The van der Waals surface area contributed by atoms with Gasteiger partial charge < -0.3 is 5.11 Å². The molecule has 0 bridgehead atoms. The molecule has 1 aromatic heterocycles. The van der Waals surface area contributed by atoms with Crippen LogP contribution in [0.25, 0.3) is 0 Å². The van der Waals surface area contributed by atoms with Gasteiger partial charge in [0.1, 0.15) is 0 Å². The van der Waals surface area contributed by atoms with Crippen LogP contribution in [0.1, 0.15) is 12.5 Å². The molecule has 3 heteroatoms. The van der Waals surface area contributed by atoms with Gasteiger partial charge in [0.15, 0.2) is 0 Å². The molecule has 68 valence electrons. The topological polar surface area (TPSA) is 50.2 Å². The first-order valence-corrected chi connectivity index (χ1v) is 3.99. The van der Waals surface area contributed by atoms with Crippen LogP contribution in [0.4, 0.5) is 0 Å². The Balaban J connectivity index is 2.62. The molecule has 0 radical (unpaired) electrons. The summed E-state index contributed by atoms with van der Waals surface area (Å²) >= 11 is 0. The number of hydrogen-bond donors (Lipinski definition) is 1. The minimum Gasteiger partial charge on any atom is -0.478 e. The van der Waals surface area contributed by atoms with Crippen LogP contribution in [0.3, 0.4) is 0 Å². The molecule has 0 aliphatic carbocycles. The molecule has 0 saturated heterocycles. The van der Waals surface area contributed by atoms with E-state index in [2.05, 4.69) is 4.98 Å². The van der Waals surface area contributed by atoms with Crippen molar-refractivity contribution in [2.45, 2.75) is 13.3 Å². The van der Waals surface area contributed by atoms with Gasteiger partial charge in [-0.25, -0.2) is 4.79 Å². The molecule has 1 N–H and O–H groups in total. The van der Waals surface area contributed by atoms with Crippen LogP contribution < -0.4 is 0 Å². The summed E-state index contributed by atoms with van der Waals surface area (Å²) in [5.41, 5.74) is 1.44. The average molecular weight is 177 g/mol. The maximum atomic E-state index is 10.4. The second-order valence-corrected chi connectivity index (χ2v) is 2.75. The Hall–Kier alpha value is -1.64. The maximum absolute atomic E-state index is 10.4. The van der Waals surface area contributed by atoms with E-state index in [1.165, 1.54) is 0 Å². The SMILES string of the molecule is CC(=CCc1ccncc1)C(=O)O. The van der Waals surface area contributed by atoms with Crippen molar-refractivity contribution in [1.29, 1.82) is 0 Å². The molecule has 0 spiro atoms. The van der Waals surface area contributed by atoms with Gasteiger partial charge in [0, 0.05) is 18.0 Å². The molecule has 1 rings (SSSR count). The number of aromatic nitrogens is 1. The molecular weight excluding hydrogens is 166 g/mol. The molecule has 0 unspecified atom stereocenters. The highest BCUT2D eigenvalue weighted by Crippen LogP contribution is 2.01. The quantitative estimate of drug-likeness (QED) is 0.714. The molecule has 0 atom stereocenters. The van der Waals surface area contributed by atoms with Crippen LogP contribution in [-0.4, -0.2) is 16.1 Å². The fourth-order valence-electron chi connectivity index (χ4n) is 0.877. The Morgan fingerprint density at radius 2 is 2.15 bits per heavy atom. The molecule has 0 aromatic carbocycles. The average Bonchev–Trinajstić information content (AvgIpc) is 2.15. The minimum absolute atomic E-state index is 0.372. The van der Waals surface area contributed by atoms with Crippen molar-refractivity contribution in [3.8, 4) is 0 Å². The standard InChI is InChI=1S/C10H11NO2/c1-8(10(12)13)2-3-9-4-6-11-7-5-9/h2,4-7H,3H2,1H3,(H,12,13). The third kappa shape index (κ3) is 3.07. The summed E-state index contributed by atoms with van der Waals surface area (Å²) in [5, 5.41) is 8.58. The van der Waals surface area contributed by atoms with Gasteiger partial charge in [0.2, 0.25) is 0 Å². The van der Waals surface area contributed by atoms with Crippen LogP contribution >= 0.6 is 0 Å². The van der Waals surface area contributed by atoms with E-state index in [4.69, 9.17) is 5.11 Å². The largest absolute Gasteiger partial charge is 0.478 e. The summed E-state index contributed by atoms with van der Waals surface area (Å²) in [7, 11) is 0. The van der Waals surface area contributed by atoms with E-state index in [-0.39, 0.29) is 0 Å². The van der Waals surface area contributed by atoms with Gasteiger partial charge in [0.05, 0.1) is 0 Å². The number of rotatable bonds is 3. The molecular formula is C10H11NO2. The van der Waals surface area contributed by atoms with Gasteiger partial charge in [-0.2, -0.15) is 0 Å². The summed E-state index contributed by atoms with van der Waals surface area (Å²) < 4.78 is 0. The van der Waals surface area contributed by atoms with Crippen LogP contribution in [0.15, 0.2) is 36.2 Å². The maximum Gasteiger partial charge on any atom is 0.330 e. The fraction of sp³-hybridized carbons (Fsp3) is 0.200. The summed E-state index contributed by atoms with van der Waals surface area (Å²) in [6.45, 7) is 1.59. The van der Waals surface area contributed by atoms with Crippen LogP contribution in [-0.2, 0) is 11.2 Å². The van der Waals surface area contributed by atoms with Crippen molar-refractivity contribution < 1.29 is 9.90 Å². The molecule has 0 aliphatic heterocycles. The van der Waals surface area contributed by atoms with Crippen molar-refractivity contribution in [3.63, 3.8) is 0 Å². The molecule has 1 heterocycles. The first-order valence-electron chi connectivity index (χ1n) is 3.99. The number of aliphatic carboxylic acids is 1. The van der Waals surface area contributed by atoms with Crippen LogP contribution in [0, 0.1) is 0 Å². The zero-order chi connectivity index (χ0) is 9.68. The van der Waals surface area contributed by atoms with Crippen molar-refractivity contribution in [1.82, 2.24) is 4.98 Å². The van der Waals surface area contributed by atoms with Gasteiger partial charge in [-0.05, 0) is 31.0 Å². The third-order valence-electron chi connectivity index (χ3n) is 1.73. The number of hydrogen-bond acceptors (Lipinski definition) is 2. The van der Waals surface area contributed by atoms with E-state index in [0.717, 1.165) is 5.56 Å². The first-order chi connectivity index (χ1) is 6.20. The van der Waals surface area contributed by atoms with Crippen molar-refractivity contribution in [3.05, 3.63) is 41.7 Å². The van der Waals surface area contributed by atoms with E-state index in [1.807, 2.05) is 12.1 Å². The predicted molar refractivity (Wildman–Crippen MR) is 49.3 cm³/mol.